The van der Waals surface area contributed by atoms with Gasteiger partial charge in [0.1, 0.15) is 5.75 Å². The van der Waals surface area contributed by atoms with Gasteiger partial charge in [-0.25, -0.2) is 8.78 Å². The summed E-state index contributed by atoms with van der Waals surface area (Å²) in [5.74, 6) is -3.35. The first-order valence-corrected chi connectivity index (χ1v) is 4.85. The average Bonchev–Trinajstić information content (AvgIpc) is 2.14. The molecule has 1 rings (SSSR count). The summed E-state index contributed by atoms with van der Waals surface area (Å²) in [6.07, 6.45) is 0. The first-order chi connectivity index (χ1) is 7.27. The normalized spacial score (nSPS) is 11.4. The van der Waals surface area contributed by atoms with E-state index in [9.17, 15) is 13.6 Å². The van der Waals surface area contributed by atoms with E-state index in [1.54, 1.807) is 13.0 Å². The molecule has 0 amide bonds. The number of hydrogen-bond donors (Lipinski definition) is 0. The molecule has 0 radical (unpaired) electrons. The summed E-state index contributed by atoms with van der Waals surface area (Å²) in [4.78, 5) is 11.3. The molecule has 0 bridgehead atoms. The zero-order valence-corrected chi connectivity index (χ0v) is 9.73. The topological polar surface area (TPSA) is 26.3 Å². The Morgan fingerprint density at radius 3 is 2.31 bits per heavy atom. The van der Waals surface area contributed by atoms with Crippen LogP contribution < -0.4 is 4.74 Å². The fourth-order valence-corrected chi connectivity index (χ4v) is 1.58. The summed E-state index contributed by atoms with van der Waals surface area (Å²) in [5.41, 5.74) is 0.557. The van der Waals surface area contributed by atoms with Crippen LogP contribution in [-0.2, 0) is 5.92 Å². The molecule has 0 N–H and O–H groups in total. The van der Waals surface area contributed by atoms with Crippen LogP contribution in [0.1, 0.15) is 35.3 Å². The number of ketones is 1. The Bertz CT molecular complexity index is 420. The number of aryl methyl sites for hydroxylation is 1. The van der Waals surface area contributed by atoms with Crippen molar-refractivity contribution in [3.8, 4) is 5.75 Å². The van der Waals surface area contributed by atoms with Crippen LogP contribution in [0, 0.1) is 6.92 Å². The number of Topliss-reactive ketones (excluding diaryl/α,β-unsaturated/α-hetero) is 1. The third kappa shape index (κ3) is 2.38. The molecule has 2 nitrogen and oxygen atoms in total. The van der Waals surface area contributed by atoms with Crippen LogP contribution in [-0.4, -0.2) is 12.9 Å². The zero-order chi connectivity index (χ0) is 12.5. The summed E-state index contributed by atoms with van der Waals surface area (Å²) in [5, 5.41) is 0. The van der Waals surface area contributed by atoms with Crippen LogP contribution in [0.4, 0.5) is 8.78 Å². The van der Waals surface area contributed by atoms with E-state index in [2.05, 4.69) is 0 Å². The fraction of sp³-hybridized carbons (Fsp3) is 0.417. The van der Waals surface area contributed by atoms with Gasteiger partial charge in [0.15, 0.2) is 5.78 Å². The maximum atomic E-state index is 13.3. The lowest BCUT2D eigenvalue weighted by atomic mass is 9.99. The second kappa shape index (κ2) is 4.20. The molecule has 1 aromatic carbocycles. The second-order valence-corrected chi connectivity index (χ2v) is 3.84. The number of alkyl halides is 2. The molecule has 0 saturated carbocycles. The Labute approximate surface area is 93.2 Å². The van der Waals surface area contributed by atoms with Gasteiger partial charge in [0, 0.05) is 6.92 Å². The minimum absolute atomic E-state index is 0.0365. The van der Waals surface area contributed by atoms with E-state index < -0.39 is 5.92 Å². The van der Waals surface area contributed by atoms with Crippen molar-refractivity contribution in [2.45, 2.75) is 26.7 Å². The van der Waals surface area contributed by atoms with Crippen LogP contribution in [0.2, 0.25) is 0 Å². The SMILES string of the molecule is COc1c(C(C)=O)cc(C)cc1C(C)(F)F. The molecule has 0 aromatic heterocycles. The van der Waals surface area contributed by atoms with Crippen molar-refractivity contribution >= 4 is 5.78 Å². The van der Waals surface area contributed by atoms with Crippen molar-refractivity contribution in [3.05, 3.63) is 28.8 Å². The zero-order valence-electron chi connectivity index (χ0n) is 9.73. The number of methoxy groups -OCH3 is 1. The van der Waals surface area contributed by atoms with E-state index in [4.69, 9.17) is 4.74 Å². The van der Waals surface area contributed by atoms with Crippen molar-refractivity contribution in [1.82, 2.24) is 0 Å². The maximum Gasteiger partial charge on any atom is 0.274 e. The fourth-order valence-electron chi connectivity index (χ4n) is 1.58. The molecule has 1 aromatic rings. The number of rotatable bonds is 3. The molecule has 0 aliphatic heterocycles. The highest BCUT2D eigenvalue weighted by Crippen LogP contribution is 2.37. The quantitative estimate of drug-likeness (QED) is 0.742. The predicted molar refractivity (Wildman–Crippen MR) is 57.3 cm³/mol. The summed E-state index contributed by atoms with van der Waals surface area (Å²) in [7, 11) is 1.28. The van der Waals surface area contributed by atoms with Crippen molar-refractivity contribution in [2.24, 2.45) is 0 Å². The van der Waals surface area contributed by atoms with Gasteiger partial charge in [0.25, 0.3) is 5.92 Å². The van der Waals surface area contributed by atoms with Crippen LogP contribution in [0.15, 0.2) is 12.1 Å². The van der Waals surface area contributed by atoms with Gasteiger partial charge >= 0.3 is 0 Å². The molecule has 16 heavy (non-hydrogen) atoms. The Kier molecular flexibility index (Phi) is 3.31. The minimum atomic E-state index is -3.03. The van der Waals surface area contributed by atoms with E-state index in [0.29, 0.717) is 5.56 Å². The molecule has 4 heteroatoms. The predicted octanol–water partition coefficient (Wildman–Crippen LogP) is 3.32. The number of halogens is 2. The van der Waals surface area contributed by atoms with Gasteiger partial charge in [-0.15, -0.1) is 0 Å². The van der Waals surface area contributed by atoms with Crippen LogP contribution >= 0.6 is 0 Å². The Morgan fingerprint density at radius 2 is 1.94 bits per heavy atom. The largest absolute Gasteiger partial charge is 0.495 e. The van der Waals surface area contributed by atoms with Crippen molar-refractivity contribution in [1.29, 1.82) is 0 Å². The Balaban J connectivity index is 3.55. The van der Waals surface area contributed by atoms with Gasteiger partial charge in [0.2, 0.25) is 0 Å². The standard InChI is InChI=1S/C12H14F2O2/c1-7-5-9(8(2)15)11(16-4)10(6-7)12(3,13)14/h5-6H,1-4H3. The average molecular weight is 228 g/mol. The molecular weight excluding hydrogens is 214 g/mol. The number of hydrogen-bond acceptors (Lipinski definition) is 2. The summed E-state index contributed by atoms with van der Waals surface area (Å²) >= 11 is 0. The van der Waals surface area contributed by atoms with E-state index in [-0.39, 0.29) is 22.7 Å². The molecule has 0 spiro atoms. The van der Waals surface area contributed by atoms with Crippen LogP contribution in [0.5, 0.6) is 5.75 Å². The third-order valence-corrected chi connectivity index (χ3v) is 2.29. The highest BCUT2D eigenvalue weighted by molar-refractivity contribution is 5.97. The molecular formula is C12H14F2O2. The monoisotopic (exact) mass is 228 g/mol. The van der Waals surface area contributed by atoms with E-state index in [0.717, 1.165) is 6.92 Å². The highest BCUT2D eigenvalue weighted by Gasteiger charge is 2.31. The first-order valence-electron chi connectivity index (χ1n) is 4.85. The molecule has 0 atom stereocenters. The van der Waals surface area contributed by atoms with Gasteiger partial charge in [-0.3, -0.25) is 4.79 Å². The molecule has 0 aliphatic carbocycles. The molecule has 0 aliphatic rings. The van der Waals surface area contributed by atoms with Crippen molar-refractivity contribution in [3.63, 3.8) is 0 Å². The molecule has 0 unspecified atom stereocenters. The molecule has 0 fully saturated rings. The maximum absolute atomic E-state index is 13.3. The summed E-state index contributed by atoms with van der Waals surface area (Å²) < 4.78 is 31.6. The number of benzene rings is 1. The Morgan fingerprint density at radius 1 is 1.38 bits per heavy atom. The number of carbonyl (C=O) groups excluding carboxylic acids is 1. The third-order valence-electron chi connectivity index (χ3n) is 2.29. The van der Waals surface area contributed by atoms with Crippen molar-refractivity contribution < 1.29 is 18.3 Å². The Hall–Kier alpha value is -1.45. The minimum Gasteiger partial charge on any atom is -0.495 e. The molecule has 0 heterocycles. The van der Waals surface area contributed by atoms with Gasteiger partial charge in [-0.05, 0) is 31.5 Å². The van der Waals surface area contributed by atoms with Gasteiger partial charge in [-0.2, -0.15) is 0 Å². The lowest BCUT2D eigenvalue weighted by molar-refractivity contribution is 0.0149. The van der Waals surface area contributed by atoms with Gasteiger partial charge < -0.3 is 4.74 Å². The summed E-state index contributed by atoms with van der Waals surface area (Å²) in [6, 6.07) is 2.89. The lowest BCUT2D eigenvalue weighted by Gasteiger charge is -2.18. The molecule has 0 saturated heterocycles. The second-order valence-electron chi connectivity index (χ2n) is 3.84. The smallest absolute Gasteiger partial charge is 0.274 e. The van der Waals surface area contributed by atoms with Crippen LogP contribution in [0.3, 0.4) is 0 Å². The van der Waals surface area contributed by atoms with E-state index in [1.165, 1.54) is 20.1 Å². The van der Waals surface area contributed by atoms with Gasteiger partial charge in [-0.1, -0.05) is 0 Å². The highest BCUT2D eigenvalue weighted by atomic mass is 19.3. The number of ether oxygens (including phenoxy) is 1. The number of carbonyl (C=O) groups is 1. The van der Waals surface area contributed by atoms with E-state index in [1.807, 2.05) is 0 Å². The first kappa shape index (κ1) is 12.6. The molecule has 88 valence electrons. The lowest BCUT2D eigenvalue weighted by Crippen LogP contribution is -2.12. The van der Waals surface area contributed by atoms with Crippen molar-refractivity contribution in [2.75, 3.05) is 7.11 Å². The van der Waals surface area contributed by atoms with Crippen LogP contribution in [0.25, 0.3) is 0 Å². The summed E-state index contributed by atoms with van der Waals surface area (Å²) in [6.45, 7) is 3.78. The van der Waals surface area contributed by atoms with E-state index >= 15 is 0 Å². The van der Waals surface area contributed by atoms with Gasteiger partial charge in [0.05, 0.1) is 18.2 Å².